The lowest BCUT2D eigenvalue weighted by atomic mass is 9.85. The monoisotopic (exact) mass is 236 g/mol. The van der Waals surface area contributed by atoms with Crippen LogP contribution >= 0.6 is 11.6 Å². The maximum atomic E-state index is 10.4. The van der Waals surface area contributed by atoms with E-state index in [1.54, 1.807) is 0 Å². The molecular weight excluding hydrogens is 220 g/mol. The second-order valence-electron chi connectivity index (χ2n) is 4.93. The Morgan fingerprint density at radius 3 is 2.44 bits per heavy atom. The number of aldehydes is 1. The third-order valence-electron chi connectivity index (χ3n) is 2.58. The summed E-state index contributed by atoms with van der Waals surface area (Å²) in [6, 6.07) is 6.19. The smallest absolute Gasteiger partial charge is 0.144 e. The molecule has 0 spiro atoms. The number of rotatable bonds is 2. The number of benzene rings is 1. The first-order valence-electron chi connectivity index (χ1n) is 5.28. The Morgan fingerprint density at radius 1 is 1.31 bits per heavy atom. The molecule has 0 N–H and O–H groups in total. The number of carbonyl (C=O) groups is 1. The fourth-order valence-electron chi connectivity index (χ4n) is 1.50. The molecule has 0 saturated heterocycles. The predicted octanol–water partition coefficient (Wildman–Crippen LogP) is 4.07. The molecule has 0 radical (unpaired) electrons. The van der Waals surface area contributed by atoms with Crippen molar-refractivity contribution in [3.05, 3.63) is 41.0 Å². The molecule has 0 atom stereocenters. The van der Waals surface area contributed by atoms with Crippen LogP contribution in [0.4, 0.5) is 0 Å². The molecule has 0 aliphatic rings. The zero-order valence-corrected chi connectivity index (χ0v) is 10.9. The maximum absolute atomic E-state index is 10.4. The molecule has 2 heteroatoms. The van der Waals surface area contributed by atoms with Crippen LogP contribution in [-0.2, 0) is 10.2 Å². The zero-order chi connectivity index (χ0) is 12.3. The summed E-state index contributed by atoms with van der Waals surface area (Å²) in [6.07, 6.45) is 2.10. The van der Waals surface area contributed by atoms with Crippen LogP contribution in [0.25, 0.3) is 5.03 Å². The number of hydrogen-bond donors (Lipinski definition) is 0. The Kier molecular flexibility index (Phi) is 3.93. The number of halogens is 1. The molecule has 16 heavy (non-hydrogen) atoms. The number of hydrogen-bond acceptors (Lipinski definition) is 1. The second kappa shape index (κ2) is 4.84. The second-order valence-corrected chi connectivity index (χ2v) is 5.34. The summed E-state index contributed by atoms with van der Waals surface area (Å²) in [5.74, 6) is 0. The van der Waals surface area contributed by atoms with E-state index in [1.165, 1.54) is 11.6 Å². The first kappa shape index (κ1) is 13.0. The van der Waals surface area contributed by atoms with Crippen molar-refractivity contribution in [3.8, 4) is 0 Å². The molecule has 0 amide bonds. The van der Waals surface area contributed by atoms with Crippen molar-refractivity contribution in [2.24, 2.45) is 0 Å². The summed E-state index contributed by atoms with van der Waals surface area (Å²) in [5, 5.41) is 0.499. The Labute approximate surface area is 102 Å². The quantitative estimate of drug-likeness (QED) is 0.559. The Morgan fingerprint density at radius 2 is 1.94 bits per heavy atom. The molecular formula is C14H17ClO. The minimum atomic E-state index is 0.0841. The molecule has 1 rings (SSSR count). The predicted molar refractivity (Wildman–Crippen MR) is 69.8 cm³/mol. The minimum Gasteiger partial charge on any atom is -0.299 e. The molecule has 86 valence electrons. The summed E-state index contributed by atoms with van der Waals surface area (Å²) in [4.78, 5) is 10.4. The van der Waals surface area contributed by atoms with Gasteiger partial charge in [-0.3, -0.25) is 4.79 Å². The highest BCUT2D eigenvalue weighted by molar-refractivity contribution is 6.49. The molecule has 1 aromatic carbocycles. The molecule has 1 aromatic rings. The van der Waals surface area contributed by atoms with Gasteiger partial charge in [-0.1, -0.05) is 44.5 Å². The Bertz CT molecular complexity index is 425. The lowest BCUT2D eigenvalue weighted by molar-refractivity contribution is -0.104. The van der Waals surface area contributed by atoms with E-state index in [1.807, 2.05) is 13.0 Å². The van der Waals surface area contributed by atoms with Crippen LogP contribution in [0.1, 0.15) is 37.5 Å². The van der Waals surface area contributed by atoms with Crippen LogP contribution in [0.3, 0.4) is 0 Å². The van der Waals surface area contributed by atoms with Crippen LogP contribution in [0.15, 0.2) is 24.3 Å². The van der Waals surface area contributed by atoms with Crippen molar-refractivity contribution in [2.75, 3.05) is 0 Å². The van der Waals surface area contributed by atoms with Crippen LogP contribution in [0.5, 0.6) is 0 Å². The average Bonchev–Trinajstić information content (AvgIpc) is 2.16. The third-order valence-corrected chi connectivity index (χ3v) is 2.90. The standard InChI is InChI=1S/C14H17ClO/c1-10-5-6-11(14(2,3)4)9-12(10)13(15)7-8-16/h5-9H,1-4H3. The first-order valence-corrected chi connectivity index (χ1v) is 5.66. The molecule has 0 aromatic heterocycles. The summed E-state index contributed by atoms with van der Waals surface area (Å²) < 4.78 is 0. The van der Waals surface area contributed by atoms with Gasteiger partial charge < -0.3 is 0 Å². The number of carbonyl (C=O) groups excluding carboxylic acids is 1. The van der Waals surface area contributed by atoms with Gasteiger partial charge in [0.1, 0.15) is 6.29 Å². The fraction of sp³-hybridized carbons (Fsp3) is 0.357. The summed E-state index contributed by atoms with van der Waals surface area (Å²) in [5.41, 5.74) is 3.31. The average molecular weight is 237 g/mol. The van der Waals surface area contributed by atoms with Gasteiger partial charge in [-0.05, 0) is 41.2 Å². The lowest BCUT2D eigenvalue weighted by Gasteiger charge is -2.20. The van der Waals surface area contributed by atoms with Gasteiger partial charge in [0.25, 0.3) is 0 Å². The zero-order valence-electron chi connectivity index (χ0n) is 10.2. The van der Waals surface area contributed by atoms with Gasteiger partial charge in [0, 0.05) is 0 Å². The highest BCUT2D eigenvalue weighted by Crippen LogP contribution is 2.29. The van der Waals surface area contributed by atoms with Crippen LogP contribution in [-0.4, -0.2) is 6.29 Å². The molecule has 0 heterocycles. The van der Waals surface area contributed by atoms with Gasteiger partial charge >= 0.3 is 0 Å². The molecule has 0 unspecified atom stereocenters. The fourth-order valence-corrected chi connectivity index (χ4v) is 1.75. The van der Waals surface area contributed by atoms with Crippen molar-refractivity contribution < 1.29 is 4.79 Å². The van der Waals surface area contributed by atoms with E-state index in [2.05, 4.69) is 32.9 Å². The topological polar surface area (TPSA) is 17.1 Å². The van der Waals surface area contributed by atoms with Crippen molar-refractivity contribution in [1.29, 1.82) is 0 Å². The summed E-state index contributed by atoms with van der Waals surface area (Å²) in [6.45, 7) is 8.44. The van der Waals surface area contributed by atoms with E-state index in [4.69, 9.17) is 11.6 Å². The molecule has 0 saturated carbocycles. The molecule has 0 aliphatic heterocycles. The van der Waals surface area contributed by atoms with Gasteiger partial charge in [0.2, 0.25) is 0 Å². The van der Waals surface area contributed by atoms with E-state index in [0.29, 0.717) is 11.3 Å². The van der Waals surface area contributed by atoms with E-state index in [0.717, 1.165) is 11.1 Å². The number of aryl methyl sites for hydroxylation is 1. The van der Waals surface area contributed by atoms with Gasteiger partial charge in [0.15, 0.2) is 0 Å². The molecule has 0 aliphatic carbocycles. The van der Waals surface area contributed by atoms with E-state index in [-0.39, 0.29) is 5.41 Å². The normalized spacial score (nSPS) is 12.7. The highest BCUT2D eigenvalue weighted by atomic mass is 35.5. The van der Waals surface area contributed by atoms with Crippen molar-refractivity contribution in [3.63, 3.8) is 0 Å². The van der Waals surface area contributed by atoms with Crippen LogP contribution < -0.4 is 0 Å². The van der Waals surface area contributed by atoms with E-state index >= 15 is 0 Å². The largest absolute Gasteiger partial charge is 0.299 e. The SMILES string of the molecule is Cc1ccc(C(C)(C)C)cc1C(Cl)=CC=O. The maximum Gasteiger partial charge on any atom is 0.144 e. The highest BCUT2D eigenvalue weighted by Gasteiger charge is 2.15. The van der Waals surface area contributed by atoms with Crippen molar-refractivity contribution in [1.82, 2.24) is 0 Å². The van der Waals surface area contributed by atoms with Gasteiger partial charge in [-0.15, -0.1) is 0 Å². The molecule has 1 nitrogen and oxygen atoms in total. The third kappa shape index (κ3) is 2.96. The summed E-state index contributed by atoms with van der Waals surface area (Å²) in [7, 11) is 0. The van der Waals surface area contributed by atoms with E-state index in [9.17, 15) is 4.79 Å². The van der Waals surface area contributed by atoms with Gasteiger partial charge in [-0.25, -0.2) is 0 Å². The Balaban J connectivity index is 3.29. The minimum absolute atomic E-state index is 0.0841. The molecule has 0 bridgehead atoms. The van der Waals surface area contributed by atoms with Crippen molar-refractivity contribution in [2.45, 2.75) is 33.1 Å². The van der Waals surface area contributed by atoms with Crippen molar-refractivity contribution >= 4 is 22.9 Å². The van der Waals surface area contributed by atoms with Crippen LogP contribution in [0, 0.1) is 6.92 Å². The molecule has 0 fully saturated rings. The van der Waals surface area contributed by atoms with Crippen LogP contribution in [0.2, 0.25) is 0 Å². The van der Waals surface area contributed by atoms with Gasteiger partial charge in [-0.2, -0.15) is 0 Å². The van der Waals surface area contributed by atoms with Gasteiger partial charge in [0.05, 0.1) is 5.03 Å². The number of allylic oxidation sites excluding steroid dienone is 1. The first-order chi connectivity index (χ1) is 7.36. The Hall–Kier alpha value is -1.08. The summed E-state index contributed by atoms with van der Waals surface area (Å²) >= 11 is 6.06. The lowest BCUT2D eigenvalue weighted by Crippen LogP contribution is -2.11. The van der Waals surface area contributed by atoms with E-state index < -0.39 is 0 Å².